The fourth-order valence-corrected chi connectivity index (χ4v) is 0.408. The molecule has 3 heteroatoms. The fraction of sp³-hybridized carbons (Fsp3) is 0. The van der Waals surface area contributed by atoms with Crippen LogP contribution in [0.1, 0.15) is 0 Å². The van der Waals surface area contributed by atoms with Gasteiger partial charge in [0.05, 0.1) is 6.20 Å². The maximum absolute atomic E-state index is 4.57. The largest absolute Gasteiger partial charge is 0.429 e. The molecule has 0 amide bonds. The molecule has 0 aliphatic rings. The van der Waals surface area contributed by atoms with Crippen LogP contribution in [0.4, 0.5) is 0 Å². The van der Waals surface area contributed by atoms with Gasteiger partial charge in [0, 0.05) is 0 Å². The summed E-state index contributed by atoms with van der Waals surface area (Å²) in [6, 6.07) is 0. The third-order valence-corrected chi connectivity index (χ3v) is 0.726. The molecule has 0 N–H and O–H groups in total. The van der Waals surface area contributed by atoms with Gasteiger partial charge >= 0.3 is 0 Å². The lowest BCUT2D eigenvalue weighted by atomic mass is 11.0. The van der Waals surface area contributed by atoms with Crippen molar-refractivity contribution >= 4 is 8.59 Å². The normalized spacial score (nSPS) is 9.60. The molecule has 0 radical (unpaired) electrons. The lowest BCUT2D eigenvalue weighted by Gasteiger charge is -1.44. The predicted octanol–water partition coefficient (Wildman–Crippen LogP) is 1.25. The monoisotopic (exact) mass is 87.0 g/mol. The number of nitrogens with zero attached hydrogens (tertiary/aromatic N) is 1. The molecule has 0 aromatic carbocycles. The van der Waals surface area contributed by atoms with Crippen molar-refractivity contribution in [1.82, 2.24) is 4.75 Å². The van der Waals surface area contributed by atoms with E-state index in [2.05, 4.69) is 8.94 Å². The van der Waals surface area contributed by atoms with Crippen molar-refractivity contribution in [2.75, 3.05) is 0 Å². The highest BCUT2D eigenvalue weighted by Crippen LogP contribution is 1.92. The summed E-state index contributed by atoms with van der Waals surface area (Å²) in [6.07, 6.45) is 3.18. The molecular formula is C2H2NOP. The Morgan fingerprint density at radius 3 is 3.00 bits per heavy atom. The van der Waals surface area contributed by atoms with Crippen molar-refractivity contribution in [2.24, 2.45) is 0 Å². The van der Waals surface area contributed by atoms with Crippen LogP contribution in [0.5, 0.6) is 0 Å². The summed E-state index contributed by atoms with van der Waals surface area (Å²) in [5.41, 5.74) is 0. The number of rotatable bonds is 0. The first-order chi connectivity index (χ1) is 2.50. The summed E-state index contributed by atoms with van der Waals surface area (Å²) in [5, 5.41) is 0. The van der Waals surface area contributed by atoms with Gasteiger partial charge in [-0.15, -0.1) is 0 Å². The van der Waals surface area contributed by atoms with Crippen LogP contribution in [0, 0.1) is 0 Å². The summed E-state index contributed by atoms with van der Waals surface area (Å²) in [6.45, 7) is 0. The molecular weight excluding hydrogens is 85.0 g/mol. The first-order valence-corrected chi connectivity index (χ1v) is 1.97. The van der Waals surface area contributed by atoms with E-state index in [9.17, 15) is 0 Å². The third kappa shape index (κ3) is 0.455. The molecule has 0 saturated carbocycles. The van der Waals surface area contributed by atoms with Gasteiger partial charge in [-0.25, -0.2) is 0 Å². The highest BCUT2D eigenvalue weighted by atomic mass is 31.1. The van der Waals surface area contributed by atoms with Gasteiger partial charge < -0.3 is 4.20 Å². The molecule has 0 aliphatic carbocycles. The lowest BCUT2D eigenvalue weighted by Crippen LogP contribution is -1.30. The number of aromatic nitrogens is 1. The summed E-state index contributed by atoms with van der Waals surface area (Å²) >= 11 is 0. The van der Waals surface area contributed by atoms with Crippen LogP contribution in [0.15, 0.2) is 16.7 Å². The fourth-order valence-electron chi connectivity index (χ4n) is 0.136. The number of hydrogen-bond donors (Lipinski definition) is 0. The Kier molecular flexibility index (Phi) is 0.673. The summed E-state index contributed by atoms with van der Waals surface area (Å²) in [4.78, 5) is 0. The highest BCUT2D eigenvalue weighted by Gasteiger charge is 1.62. The molecule has 0 saturated heterocycles. The standard InChI is InChI=1S/C2H2NOP/c1-2-4-5-3-1/h1-2H. The van der Waals surface area contributed by atoms with Crippen LogP contribution in [0.3, 0.4) is 0 Å². The van der Waals surface area contributed by atoms with Crippen molar-refractivity contribution in [1.29, 1.82) is 0 Å². The van der Waals surface area contributed by atoms with E-state index in [0.717, 1.165) is 0 Å². The van der Waals surface area contributed by atoms with E-state index in [4.69, 9.17) is 0 Å². The van der Waals surface area contributed by atoms with E-state index in [-0.39, 0.29) is 0 Å². The van der Waals surface area contributed by atoms with Gasteiger partial charge in [0.2, 0.25) is 8.59 Å². The maximum atomic E-state index is 4.57. The first kappa shape index (κ1) is 2.86. The van der Waals surface area contributed by atoms with Gasteiger partial charge in [-0.1, -0.05) is 0 Å². The predicted molar refractivity (Wildman–Crippen MR) is 19.0 cm³/mol. The summed E-state index contributed by atoms with van der Waals surface area (Å²) in [5.74, 6) is 0. The van der Waals surface area contributed by atoms with Crippen molar-refractivity contribution in [2.45, 2.75) is 0 Å². The molecule has 26 valence electrons. The van der Waals surface area contributed by atoms with E-state index < -0.39 is 0 Å². The second-order valence-corrected chi connectivity index (χ2v) is 1.19. The van der Waals surface area contributed by atoms with Crippen LogP contribution < -0.4 is 0 Å². The van der Waals surface area contributed by atoms with Gasteiger partial charge in [0.15, 0.2) is 0 Å². The lowest BCUT2D eigenvalue weighted by molar-refractivity contribution is 0.695. The molecule has 0 atom stereocenters. The zero-order valence-electron chi connectivity index (χ0n) is 2.46. The molecule has 1 heterocycles. The van der Waals surface area contributed by atoms with Gasteiger partial charge in [0.1, 0.15) is 6.26 Å². The Balaban J connectivity index is 3.13. The molecule has 5 heavy (non-hydrogen) atoms. The van der Waals surface area contributed by atoms with E-state index in [0.29, 0.717) is 8.59 Å². The third-order valence-electron chi connectivity index (χ3n) is 0.283. The second kappa shape index (κ2) is 1.18. The van der Waals surface area contributed by atoms with Crippen LogP contribution in [-0.2, 0) is 0 Å². The van der Waals surface area contributed by atoms with E-state index in [1.807, 2.05) is 0 Å². The second-order valence-electron chi connectivity index (χ2n) is 0.588. The van der Waals surface area contributed by atoms with Crippen LogP contribution in [0.25, 0.3) is 0 Å². The Morgan fingerprint density at radius 2 is 2.80 bits per heavy atom. The minimum Gasteiger partial charge on any atom is -0.429 e. The zero-order valence-corrected chi connectivity index (χ0v) is 3.35. The molecule has 0 bridgehead atoms. The molecule has 2 nitrogen and oxygen atoms in total. The topological polar surface area (TPSA) is 26.0 Å². The van der Waals surface area contributed by atoms with E-state index >= 15 is 0 Å². The zero-order chi connectivity index (χ0) is 3.54. The van der Waals surface area contributed by atoms with E-state index in [1.54, 1.807) is 12.5 Å². The Labute approximate surface area is 31.1 Å². The van der Waals surface area contributed by atoms with Crippen LogP contribution >= 0.6 is 8.59 Å². The molecule has 0 unspecified atom stereocenters. The summed E-state index contributed by atoms with van der Waals surface area (Å²) in [7, 11) is 0.705. The average molecular weight is 87.0 g/mol. The van der Waals surface area contributed by atoms with E-state index in [1.165, 1.54) is 0 Å². The van der Waals surface area contributed by atoms with Gasteiger partial charge in [-0.3, -0.25) is 0 Å². The highest BCUT2D eigenvalue weighted by molar-refractivity contribution is 7.17. The quantitative estimate of drug-likeness (QED) is 0.476. The van der Waals surface area contributed by atoms with Crippen molar-refractivity contribution in [3.8, 4) is 0 Å². The maximum Gasteiger partial charge on any atom is 0.246 e. The van der Waals surface area contributed by atoms with Gasteiger partial charge in [-0.05, 0) is 0 Å². The van der Waals surface area contributed by atoms with Crippen LogP contribution in [-0.4, -0.2) is 4.75 Å². The molecule has 1 rings (SSSR count). The molecule has 0 fully saturated rings. The molecule has 1 aromatic heterocycles. The minimum absolute atomic E-state index is 0.705. The minimum atomic E-state index is 0.705. The SMILES string of the molecule is c1copn1. The Bertz CT molecular complexity index is 66.1. The molecule has 0 spiro atoms. The van der Waals surface area contributed by atoms with Crippen molar-refractivity contribution in [3.63, 3.8) is 0 Å². The van der Waals surface area contributed by atoms with Crippen molar-refractivity contribution in [3.05, 3.63) is 12.5 Å². The average Bonchev–Trinajstić information content (AvgIpc) is 1.76. The molecule has 1 aromatic rings. The number of hydrogen-bond acceptors (Lipinski definition) is 2. The van der Waals surface area contributed by atoms with Gasteiger partial charge in [-0.2, -0.15) is 4.75 Å². The summed E-state index contributed by atoms with van der Waals surface area (Å²) < 4.78 is 8.22. The smallest absolute Gasteiger partial charge is 0.246 e. The van der Waals surface area contributed by atoms with Crippen molar-refractivity contribution < 1.29 is 4.20 Å². The Hall–Kier alpha value is -0.360. The van der Waals surface area contributed by atoms with Crippen LogP contribution in [0.2, 0.25) is 0 Å². The Morgan fingerprint density at radius 1 is 1.80 bits per heavy atom. The van der Waals surface area contributed by atoms with Gasteiger partial charge in [0.25, 0.3) is 0 Å². The molecule has 0 aliphatic heterocycles. The first-order valence-electron chi connectivity index (χ1n) is 1.21.